The molecule has 4 heteroatoms. The van der Waals surface area contributed by atoms with Crippen molar-refractivity contribution in [3.63, 3.8) is 0 Å². The second-order valence-corrected chi connectivity index (χ2v) is 6.04. The number of benzene rings is 2. The molecule has 4 nitrogen and oxygen atoms in total. The van der Waals surface area contributed by atoms with Crippen LogP contribution in [0, 0.1) is 0 Å². The van der Waals surface area contributed by atoms with Crippen LogP contribution in [0.2, 0.25) is 0 Å². The second kappa shape index (κ2) is 4.40. The highest BCUT2D eigenvalue weighted by molar-refractivity contribution is 5.84. The van der Waals surface area contributed by atoms with Gasteiger partial charge in [-0.3, -0.25) is 0 Å². The molecule has 0 spiro atoms. The molecule has 112 valence electrons. The zero-order chi connectivity index (χ0) is 14.7. The first-order valence-electron chi connectivity index (χ1n) is 7.71. The highest BCUT2D eigenvalue weighted by atomic mass is 16.7. The van der Waals surface area contributed by atoms with Gasteiger partial charge in [0.05, 0.1) is 7.11 Å². The van der Waals surface area contributed by atoms with Crippen molar-refractivity contribution >= 4 is 0 Å². The molecule has 3 aliphatic rings. The van der Waals surface area contributed by atoms with E-state index in [0.717, 1.165) is 36.6 Å². The normalized spacial score (nSPS) is 20.3. The van der Waals surface area contributed by atoms with Gasteiger partial charge in [0.2, 0.25) is 6.79 Å². The van der Waals surface area contributed by atoms with E-state index in [9.17, 15) is 0 Å². The summed E-state index contributed by atoms with van der Waals surface area (Å²) in [6, 6.07) is 8.84. The lowest BCUT2D eigenvalue weighted by Gasteiger charge is -2.34. The predicted molar refractivity (Wildman–Crippen MR) is 82.7 cm³/mol. The predicted octanol–water partition coefficient (Wildman–Crippen LogP) is 2.83. The van der Waals surface area contributed by atoms with Crippen LogP contribution in [-0.4, -0.2) is 20.4 Å². The smallest absolute Gasteiger partial charge is 0.231 e. The number of fused-ring (bicyclic) bond motifs is 4. The van der Waals surface area contributed by atoms with Gasteiger partial charge in [-0.05, 0) is 59.8 Å². The van der Waals surface area contributed by atoms with E-state index in [0.29, 0.717) is 12.8 Å². The third kappa shape index (κ3) is 1.56. The van der Waals surface area contributed by atoms with Gasteiger partial charge in [-0.2, -0.15) is 0 Å². The molecule has 1 N–H and O–H groups in total. The minimum absolute atomic E-state index is 0.314. The Balaban J connectivity index is 1.83. The molecule has 0 unspecified atom stereocenters. The fraction of sp³-hybridized carbons (Fsp3) is 0.333. The number of methoxy groups -OCH3 is 1. The van der Waals surface area contributed by atoms with Crippen LogP contribution in [0.25, 0.3) is 11.1 Å². The Morgan fingerprint density at radius 3 is 3.05 bits per heavy atom. The maximum Gasteiger partial charge on any atom is 0.231 e. The molecular formula is C18H17NO3. The Bertz CT molecular complexity index is 784. The first-order chi connectivity index (χ1) is 10.8. The number of nitrogens with one attached hydrogen (secondary N) is 1. The van der Waals surface area contributed by atoms with Crippen molar-refractivity contribution in [1.29, 1.82) is 0 Å². The summed E-state index contributed by atoms with van der Waals surface area (Å²) >= 11 is 0. The Hall–Kier alpha value is -2.20. The van der Waals surface area contributed by atoms with E-state index in [-0.39, 0.29) is 0 Å². The van der Waals surface area contributed by atoms with Crippen molar-refractivity contribution < 1.29 is 14.2 Å². The SMILES string of the molecule is COc1ccc2c(c1)C[C@H]1NCCc3cc4c(c-2c31)OCO4. The van der Waals surface area contributed by atoms with Crippen molar-refractivity contribution in [1.82, 2.24) is 5.32 Å². The Labute approximate surface area is 129 Å². The average molecular weight is 295 g/mol. The van der Waals surface area contributed by atoms with E-state index in [1.807, 2.05) is 6.07 Å². The second-order valence-electron chi connectivity index (χ2n) is 6.04. The fourth-order valence-electron chi connectivity index (χ4n) is 3.97. The number of rotatable bonds is 1. The summed E-state index contributed by atoms with van der Waals surface area (Å²) in [4.78, 5) is 0. The summed E-state index contributed by atoms with van der Waals surface area (Å²) in [6.45, 7) is 1.32. The largest absolute Gasteiger partial charge is 0.497 e. The van der Waals surface area contributed by atoms with Gasteiger partial charge in [-0.1, -0.05) is 6.07 Å². The van der Waals surface area contributed by atoms with E-state index in [4.69, 9.17) is 14.2 Å². The maximum atomic E-state index is 5.80. The zero-order valence-corrected chi connectivity index (χ0v) is 12.4. The molecule has 2 aliphatic heterocycles. The molecule has 0 radical (unpaired) electrons. The van der Waals surface area contributed by atoms with Crippen LogP contribution >= 0.6 is 0 Å². The van der Waals surface area contributed by atoms with E-state index in [2.05, 4.69) is 23.5 Å². The molecule has 0 bridgehead atoms. The minimum atomic E-state index is 0.314. The molecular weight excluding hydrogens is 278 g/mol. The fourth-order valence-corrected chi connectivity index (χ4v) is 3.97. The molecule has 1 atom stereocenters. The van der Waals surface area contributed by atoms with Crippen LogP contribution in [-0.2, 0) is 12.8 Å². The molecule has 2 heterocycles. The molecule has 22 heavy (non-hydrogen) atoms. The lowest BCUT2D eigenvalue weighted by Crippen LogP contribution is -2.33. The van der Waals surface area contributed by atoms with Crippen molar-refractivity contribution in [2.75, 3.05) is 20.4 Å². The summed E-state index contributed by atoms with van der Waals surface area (Å²) in [7, 11) is 1.71. The number of hydrogen-bond donors (Lipinski definition) is 1. The molecule has 0 aromatic heterocycles. The zero-order valence-electron chi connectivity index (χ0n) is 12.4. The van der Waals surface area contributed by atoms with Crippen LogP contribution < -0.4 is 19.5 Å². The Morgan fingerprint density at radius 1 is 1.18 bits per heavy atom. The highest BCUT2D eigenvalue weighted by Gasteiger charge is 2.35. The summed E-state index contributed by atoms with van der Waals surface area (Å²) in [5.74, 6) is 2.69. The number of hydrogen-bond acceptors (Lipinski definition) is 4. The Morgan fingerprint density at radius 2 is 2.14 bits per heavy atom. The van der Waals surface area contributed by atoms with Crippen LogP contribution in [0.1, 0.15) is 22.7 Å². The summed E-state index contributed by atoms with van der Waals surface area (Å²) in [5, 5.41) is 3.65. The third-order valence-electron chi connectivity index (χ3n) is 4.93. The molecule has 0 fully saturated rings. The van der Waals surface area contributed by atoms with Gasteiger partial charge < -0.3 is 19.5 Å². The van der Waals surface area contributed by atoms with Crippen molar-refractivity contribution in [2.45, 2.75) is 18.9 Å². The quantitative estimate of drug-likeness (QED) is 0.878. The van der Waals surface area contributed by atoms with Gasteiger partial charge in [0, 0.05) is 11.6 Å². The van der Waals surface area contributed by atoms with Crippen LogP contribution in [0.5, 0.6) is 17.2 Å². The molecule has 1 aliphatic carbocycles. The first kappa shape index (κ1) is 12.4. The molecule has 2 aromatic carbocycles. The van der Waals surface area contributed by atoms with Gasteiger partial charge >= 0.3 is 0 Å². The molecule has 2 aromatic rings. The van der Waals surface area contributed by atoms with Crippen molar-refractivity contribution in [3.05, 3.63) is 41.0 Å². The monoisotopic (exact) mass is 295 g/mol. The van der Waals surface area contributed by atoms with E-state index < -0.39 is 0 Å². The van der Waals surface area contributed by atoms with Gasteiger partial charge in [0.15, 0.2) is 11.5 Å². The first-order valence-corrected chi connectivity index (χ1v) is 7.71. The standard InChI is InChI=1S/C18H17NO3/c1-20-12-2-3-13-11(6-12)7-14-16-10(4-5-19-14)8-15-18(17(13)16)22-9-21-15/h2-3,6,8,14,19H,4-5,7,9H2,1H3/t14-/m1/s1. The highest BCUT2D eigenvalue weighted by Crippen LogP contribution is 2.52. The molecule has 5 rings (SSSR count). The van der Waals surface area contributed by atoms with Gasteiger partial charge in [-0.15, -0.1) is 0 Å². The maximum absolute atomic E-state index is 5.80. The lowest BCUT2D eigenvalue weighted by atomic mass is 9.77. The minimum Gasteiger partial charge on any atom is -0.497 e. The van der Waals surface area contributed by atoms with E-state index in [1.165, 1.54) is 27.8 Å². The van der Waals surface area contributed by atoms with Crippen molar-refractivity contribution in [3.8, 4) is 28.4 Å². The van der Waals surface area contributed by atoms with E-state index >= 15 is 0 Å². The van der Waals surface area contributed by atoms with E-state index in [1.54, 1.807) is 7.11 Å². The van der Waals surface area contributed by atoms with Crippen molar-refractivity contribution in [2.24, 2.45) is 0 Å². The summed E-state index contributed by atoms with van der Waals surface area (Å²) in [6.07, 6.45) is 2.03. The average Bonchev–Trinajstić information content (AvgIpc) is 3.02. The summed E-state index contributed by atoms with van der Waals surface area (Å²) in [5.41, 5.74) is 6.56. The van der Waals surface area contributed by atoms with Crippen LogP contribution in [0.3, 0.4) is 0 Å². The molecule has 0 amide bonds. The summed E-state index contributed by atoms with van der Waals surface area (Å²) < 4.78 is 16.9. The van der Waals surface area contributed by atoms with Crippen LogP contribution in [0.15, 0.2) is 24.3 Å². The van der Waals surface area contributed by atoms with Gasteiger partial charge in [0.1, 0.15) is 5.75 Å². The topological polar surface area (TPSA) is 39.7 Å². The Kier molecular flexibility index (Phi) is 2.47. The lowest BCUT2D eigenvalue weighted by molar-refractivity contribution is 0.174. The molecule has 0 saturated carbocycles. The third-order valence-corrected chi connectivity index (χ3v) is 4.93. The van der Waals surface area contributed by atoms with Gasteiger partial charge in [0.25, 0.3) is 0 Å². The van der Waals surface area contributed by atoms with Crippen LogP contribution in [0.4, 0.5) is 0 Å². The number of ether oxygens (including phenoxy) is 3. The molecule has 0 saturated heterocycles. The van der Waals surface area contributed by atoms with Gasteiger partial charge in [-0.25, -0.2) is 0 Å².